The number of hydrogen-bond acceptors (Lipinski definition) is 4. The van der Waals surface area contributed by atoms with Crippen LogP contribution in [-0.4, -0.2) is 26.1 Å². The summed E-state index contributed by atoms with van der Waals surface area (Å²) in [6.45, 7) is 11.1. The van der Waals surface area contributed by atoms with Crippen LogP contribution in [0, 0.1) is 19.7 Å². The van der Waals surface area contributed by atoms with Crippen LogP contribution in [0.2, 0.25) is 0 Å². The van der Waals surface area contributed by atoms with Gasteiger partial charge in [0, 0.05) is 25.8 Å². The van der Waals surface area contributed by atoms with E-state index in [0.717, 1.165) is 17.2 Å². The Kier molecular flexibility index (Phi) is 6.04. The van der Waals surface area contributed by atoms with Crippen LogP contribution in [0.4, 0.5) is 10.1 Å². The first kappa shape index (κ1) is 22.0. The molecule has 2 aromatic carbocycles. The molecule has 0 aliphatic carbocycles. The molecule has 5 nitrogen and oxygen atoms in total. The zero-order chi connectivity index (χ0) is 22.2. The zero-order valence-corrected chi connectivity index (χ0v) is 18.8. The van der Waals surface area contributed by atoms with Gasteiger partial charge in [-0.3, -0.25) is 4.79 Å². The molecule has 3 rings (SSSR count). The van der Waals surface area contributed by atoms with Gasteiger partial charge in [-0.05, 0) is 70.0 Å². The fraction of sp³-hybridized carbons (Fsp3) is 0.348. The third kappa shape index (κ3) is 3.62. The number of aromatic nitrogens is 1. The Morgan fingerprint density at radius 1 is 1.00 bits per heavy atom. The molecule has 0 aliphatic heterocycles. The Balaban J connectivity index is 2.32. The monoisotopic (exact) mass is 430 g/mol. The molecule has 0 saturated carbocycles. The Morgan fingerprint density at radius 2 is 1.67 bits per heavy atom. The molecule has 0 radical (unpaired) electrons. The summed E-state index contributed by atoms with van der Waals surface area (Å²) in [6, 6.07) is 7.58. The molecular weight excluding hydrogens is 403 g/mol. The molecule has 1 aromatic heterocycles. The van der Waals surface area contributed by atoms with Gasteiger partial charge in [-0.2, -0.15) is 0 Å². The van der Waals surface area contributed by atoms with Crippen LogP contribution in [0.15, 0.2) is 51.1 Å². The predicted octanol–water partition coefficient (Wildman–Crippen LogP) is 4.46. The normalized spacial score (nSPS) is 11.8. The quantitative estimate of drug-likeness (QED) is 0.579. The first-order chi connectivity index (χ1) is 14.1. The van der Waals surface area contributed by atoms with E-state index in [0.29, 0.717) is 30.8 Å². The van der Waals surface area contributed by atoms with Gasteiger partial charge in [-0.15, -0.1) is 0 Å². The molecule has 0 amide bonds. The van der Waals surface area contributed by atoms with E-state index in [1.165, 1.54) is 12.3 Å². The Labute approximate surface area is 176 Å². The molecule has 30 heavy (non-hydrogen) atoms. The summed E-state index contributed by atoms with van der Waals surface area (Å²) in [4.78, 5) is 14.8. The lowest BCUT2D eigenvalue weighted by molar-refractivity contribution is 0.593. The van der Waals surface area contributed by atoms with Crippen molar-refractivity contribution in [1.82, 2.24) is 4.57 Å². The second-order valence-corrected chi connectivity index (χ2v) is 9.27. The maximum absolute atomic E-state index is 14.9. The highest BCUT2D eigenvalue weighted by Gasteiger charge is 2.25. The molecule has 0 unspecified atom stereocenters. The van der Waals surface area contributed by atoms with Crippen LogP contribution in [0.3, 0.4) is 0 Å². The van der Waals surface area contributed by atoms with Crippen LogP contribution in [-0.2, 0) is 16.4 Å². The van der Waals surface area contributed by atoms with Crippen molar-refractivity contribution in [2.45, 2.75) is 51.0 Å². The number of rotatable bonds is 6. The van der Waals surface area contributed by atoms with Crippen LogP contribution in [0.5, 0.6) is 0 Å². The van der Waals surface area contributed by atoms with Crippen molar-refractivity contribution >= 4 is 26.4 Å². The van der Waals surface area contributed by atoms with Gasteiger partial charge in [0.15, 0.2) is 0 Å². The smallest absolute Gasteiger partial charge is 0.211 e. The van der Waals surface area contributed by atoms with Crippen LogP contribution in [0.1, 0.15) is 31.9 Å². The lowest BCUT2D eigenvalue weighted by atomic mass is 10.1. The van der Waals surface area contributed by atoms with E-state index in [1.807, 2.05) is 39.5 Å². The lowest BCUT2D eigenvalue weighted by Crippen LogP contribution is -2.24. The summed E-state index contributed by atoms with van der Waals surface area (Å²) in [5.74, 6) is -0.535. The van der Waals surface area contributed by atoms with E-state index in [9.17, 15) is 17.6 Å². The zero-order valence-electron chi connectivity index (χ0n) is 18.0. The van der Waals surface area contributed by atoms with Gasteiger partial charge in [0.1, 0.15) is 10.7 Å². The summed E-state index contributed by atoms with van der Waals surface area (Å²) in [5.41, 5.74) is 2.02. The predicted molar refractivity (Wildman–Crippen MR) is 119 cm³/mol. The molecule has 0 aliphatic rings. The van der Waals surface area contributed by atoms with Gasteiger partial charge < -0.3 is 9.47 Å². The number of halogens is 1. The van der Waals surface area contributed by atoms with E-state index in [4.69, 9.17) is 0 Å². The highest BCUT2D eigenvalue weighted by atomic mass is 32.2. The summed E-state index contributed by atoms with van der Waals surface area (Å²) >= 11 is 0. The molecule has 0 spiro atoms. The van der Waals surface area contributed by atoms with Gasteiger partial charge in [-0.25, -0.2) is 12.8 Å². The lowest BCUT2D eigenvalue weighted by Gasteiger charge is -2.23. The van der Waals surface area contributed by atoms with E-state index in [-0.39, 0.29) is 15.2 Å². The van der Waals surface area contributed by atoms with E-state index >= 15 is 0 Å². The van der Waals surface area contributed by atoms with Crippen molar-refractivity contribution in [1.29, 1.82) is 0 Å². The molecule has 0 saturated heterocycles. The van der Waals surface area contributed by atoms with Crippen molar-refractivity contribution in [3.63, 3.8) is 0 Å². The number of pyridine rings is 1. The molecule has 0 fully saturated rings. The summed E-state index contributed by atoms with van der Waals surface area (Å²) in [5, 5.41) is 0.0650. The molecule has 1 heterocycles. The fourth-order valence-corrected chi connectivity index (χ4v) is 5.09. The standard InChI is InChI=1S/C23H27FN2O3S/c1-6-25(7-2)21-13-20-18(12-19(21)24)23(27)22(14-26(20)8-3)30(28,29)17-10-9-15(4)16(5)11-17/h9-14H,6-8H2,1-5H3. The highest BCUT2D eigenvalue weighted by Crippen LogP contribution is 2.27. The second-order valence-electron chi connectivity index (χ2n) is 7.35. The number of aryl methyl sites for hydroxylation is 3. The van der Waals surface area contributed by atoms with Crippen LogP contribution in [0.25, 0.3) is 10.9 Å². The van der Waals surface area contributed by atoms with Crippen LogP contribution < -0.4 is 10.3 Å². The fourth-order valence-electron chi connectivity index (χ4n) is 3.64. The first-order valence-corrected chi connectivity index (χ1v) is 11.6. The number of nitrogens with zero attached hydrogens (tertiary/aromatic N) is 2. The average Bonchev–Trinajstić information content (AvgIpc) is 2.71. The molecule has 7 heteroatoms. The molecule has 0 bridgehead atoms. The third-order valence-electron chi connectivity index (χ3n) is 5.64. The largest absolute Gasteiger partial charge is 0.370 e. The molecule has 3 aromatic rings. The Bertz CT molecular complexity index is 1280. The maximum Gasteiger partial charge on any atom is 0.211 e. The van der Waals surface area contributed by atoms with Crippen molar-refractivity contribution in [3.8, 4) is 0 Å². The summed E-state index contributed by atoms with van der Waals surface area (Å²) in [6.07, 6.45) is 1.37. The van der Waals surface area contributed by atoms with Gasteiger partial charge in [-0.1, -0.05) is 6.07 Å². The maximum atomic E-state index is 14.9. The van der Waals surface area contributed by atoms with Gasteiger partial charge in [0.05, 0.1) is 21.5 Å². The Hall–Kier alpha value is -2.67. The van der Waals surface area contributed by atoms with Crippen LogP contribution >= 0.6 is 0 Å². The minimum atomic E-state index is -4.05. The second kappa shape index (κ2) is 8.22. The van der Waals surface area contributed by atoms with Crippen molar-refractivity contribution in [2.24, 2.45) is 0 Å². The summed E-state index contributed by atoms with van der Waals surface area (Å²) < 4.78 is 43.1. The van der Waals surface area contributed by atoms with Gasteiger partial charge in [0.2, 0.25) is 15.3 Å². The minimum Gasteiger partial charge on any atom is -0.370 e. The van der Waals surface area contributed by atoms with Crippen molar-refractivity contribution < 1.29 is 12.8 Å². The topological polar surface area (TPSA) is 59.4 Å². The highest BCUT2D eigenvalue weighted by molar-refractivity contribution is 7.91. The first-order valence-electron chi connectivity index (χ1n) is 10.1. The van der Waals surface area contributed by atoms with E-state index in [2.05, 4.69) is 0 Å². The number of hydrogen-bond donors (Lipinski definition) is 0. The average molecular weight is 431 g/mol. The van der Waals surface area contributed by atoms with E-state index < -0.39 is 21.1 Å². The number of sulfone groups is 1. The summed E-state index contributed by atoms with van der Waals surface area (Å²) in [7, 11) is -4.05. The molecule has 0 N–H and O–H groups in total. The van der Waals surface area contributed by atoms with Gasteiger partial charge in [0.25, 0.3) is 0 Å². The number of anilines is 1. The van der Waals surface area contributed by atoms with Crippen molar-refractivity contribution in [3.05, 3.63) is 63.7 Å². The molecule has 160 valence electrons. The van der Waals surface area contributed by atoms with Crippen molar-refractivity contribution in [2.75, 3.05) is 18.0 Å². The number of benzene rings is 2. The molecule has 0 atom stereocenters. The Morgan fingerprint density at radius 3 is 2.23 bits per heavy atom. The van der Waals surface area contributed by atoms with E-state index in [1.54, 1.807) is 22.8 Å². The van der Waals surface area contributed by atoms with Gasteiger partial charge >= 0.3 is 0 Å². The third-order valence-corrected chi connectivity index (χ3v) is 7.38. The molecular formula is C23H27FN2O3S. The minimum absolute atomic E-state index is 0.0601. The number of fused-ring (bicyclic) bond motifs is 1. The SMILES string of the molecule is CCN(CC)c1cc2c(cc1F)c(=O)c(S(=O)(=O)c1ccc(C)c(C)c1)cn2CC.